The number of aryl methyl sites for hydroxylation is 1. The fourth-order valence-electron chi connectivity index (χ4n) is 2.27. The van der Waals surface area contributed by atoms with E-state index in [1.165, 1.54) is 18.2 Å². The Morgan fingerprint density at radius 3 is 2.89 bits per heavy atom. The average Bonchev–Trinajstić information content (AvgIpc) is 2.41. The Morgan fingerprint density at radius 1 is 1.26 bits per heavy atom. The first kappa shape index (κ1) is 12.3. The van der Waals surface area contributed by atoms with Crippen molar-refractivity contribution in [1.29, 1.82) is 0 Å². The molecule has 1 aromatic carbocycles. The zero-order valence-electron chi connectivity index (χ0n) is 10.1. The molecule has 0 saturated heterocycles. The van der Waals surface area contributed by atoms with E-state index in [0.717, 1.165) is 19.3 Å². The van der Waals surface area contributed by atoms with Crippen LogP contribution in [0, 0.1) is 5.82 Å². The topological polar surface area (TPSA) is 47.8 Å². The number of rotatable bonds is 1. The van der Waals surface area contributed by atoms with E-state index in [-0.39, 0.29) is 21.8 Å². The Bertz CT molecular complexity index is 699. The molecule has 1 aliphatic rings. The van der Waals surface area contributed by atoms with Gasteiger partial charge in [-0.05, 0) is 31.0 Å². The maximum atomic E-state index is 13.8. The molecule has 98 valence electrons. The lowest BCUT2D eigenvalue weighted by atomic mass is 10.1. The smallest absolute Gasteiger partial charge is 0.280 e. The van der Waals surface area contributed by atoms with Crippen molar-refractivity contribution >= 4 is 11.6 Å². The first-order chi connectivity index (χ1) is 9.16. The predicted molar refractivity (Wildman–Crippen MR) is 69.6 cm³/mol. The summed E-state index contributed by atoms with van der Waals surface area (Å²) in [7, 11) is 0. The van der Waals surface area contributed by atoms with Crippen LogP contribution in [-0.4, -0.2) is 14.8 Å². The first-order valence-corrected chi connectivity index (χ1v) is 6.46. The molecule has 2 heterocycles. The highest BCUT2D eigenvalue weighted by Crippen LogP contribution is 2.22. The van der Waals surface area contributed by atoms with Gasteiger partial charge in [-0.2, -0.15) is 0 Å². The van der Waals surface area contributed by atoms with Gasteiger partial charge in [-0.3, -0.25) is 9.36 Å². The van der Waals surface area contributed by atoms with Crippen LogP contribution in [0.4, 0.5) is 4.39 Å². The van der Waals surface area contributed by atoms with Gasteiger partial charge in [0.15, 0.2) is 5.69 Å². The molecular weight excluding hydrogens is 269 g/mol. The molecule has 1 aliphatic heterocycles. The highest BCUT2D eigenvalue weighted by molar-refractivity contribution is 6.30. The van der Waals surface area contributed by atoms with Gasteiger partial charge in [-0.25, -0.2) is 4.39 Å². The largest absolute Gasteiger partial charge is 0.293 e. The van der Waals surface area contributed by atoms with E-state index in [4.69, 9.17) is 11.6 Å². The predicted octanol–water partition coefficient (Wildman–Crippen LogP) is 2.43. The molecule has 0 radical (unpaired) electrons. The average molecular weight is 280 g/mol. The SMILES string of the molecule is O=c1c(-c2ccc(Cl)cc2F)nnc2n1CCCC2. The van der Waals surface area contributed by atoms with Gasteiger partial charge >= 0.3 is 0 Å². The zero-order chi connectivity index (χ0) is 13.4. The van der Waals surface area contributed by atoms with Crippen molar-refractivity contribution in [3.63, 3.8) is 0 Å². The van der Waals surface area contributed by atoms with Crippen molar-refractivity contribution in [3.05, 3.63) is 45.2 Å². The number of aromatic nitrogens is 3. The molecule has 1 aromatic heterocycles. The Morgan fingerprint density at radius 2 is 2.11 bits per heavy atom. The fourth-order valence-corrected chi connectivity index (χ4v) is 2.43. The lowest BCUT2D eigenvalue weighted by molar-refractivity contribution is 0.485. The van der Waals surface area contributed by atoms with Crippen LogP contribution in [0.1, 0.15) is 18.7 Å². The highest BCUT2D eigenvalue weighted by Gasteiger charge is 2.18. The summed E-state index contributed by atoms with van der Waals surface area (Å²) in [6.07, 6.45) is 2.68. The molecule has 0 saturated carbocycles. The molecule has 0 atom stereocenters. The van der Waals surface area contributed by atoms with Crippen LogP contribution in [0.5, 0.6) is 0 Å². The summed E-state index contributed by atoms with van der Waals surface area (Å²) in [4.78, 5) is 12.3. The van der Waals surface area contributed by atoms with Crippen LogP contribution in [0.15, 0.2) is 23.0 Å². The molecular formula is C13H11ClFN3O. The fraction of sp³-hybridized carbons (Fsp3) is 0.308. The molecule has 2 aromatic rings. The standard InChI is InChI=1S/C13H11ClFN3O/c14-8-4-5-9(10(15)7-8)12-13(19)18-6-2-1-3-11(18)16-17-12/h4-5,7H,1-3,6H2. The van der Waals surface area contributed by atoms with Gasteiger partial charge in [0, 0.05) is 23.6 Å². The molecule has 6 heteroatoms. The Balaban J connectivity index is 2.18. The van der Waals surface area contributed by atoms with Crippen molar-refractivity contribution in [2.45, 2.75) is 25.8 Å². The van der Waals surface area contributed by atoms with Crippen molar-refractivity contribution in [1.82, 2.24) is 14.8 Å². The Kier molecular flexibility index (Phi) is 3.06. The third-order valence-corrected chi connectivity index (χ3v) is 3.48. The van der Waals surface area contributed by atoms with Crippen LogP contribution in [0.25, 0.3) is 11.3 Å². The van der Waals surface area contributed by atoms with Gasteiger partial charge in [0.1, 0.15) is 11.6 Å². The molecule has 0 spiro atoms. The Hall–Kier alpha value is -1.75. The van der Waals surface area contributed by atoms with Crippen molar-refractivity contribution in [2.24, 2.45) is 0 Å². The molecule has 4 nitrogen and oxygen atoms in total. The number of nitrogens with zero attached hydrogens (tertiary/aromatic N) is 3. The maximum Gasteiger partial charge on any atom is 0.280 e. The van der Waals surface area contributed by atoms with Crippen LogP contribution < -0.4 is 5.56 Å². The van der Waals surface area contributed by atoms with Crippen LogP contribution in [0.2, 0.25) is 5.02 Å². The van der Waals surface area contributed by atoms with Gasteiger partial charge in [-0.15, -0.1) is 10.2 Å². The van der Waals surface area contributed by atoms with E-state index < -0.39 is 5.82 Å². The van der Waals surface area contributed by atoms with Crippen LogP contribution in [-0.2, 0) is 13.0 Å². The second-order valence-corrected chi connectivity index (χ2v) is 4.94. The third-order valence-electron chi connectivity index (χ3n) is 3.24. The summed E-state index contributed by atoms with van der Waals surface area (Å²) in [6.45, 7) is 0.617. The molecule has 0 N–H and O–H groups in total. The summed E-state index contributed by atoms with van der Waals surface area (Å²) in [5.74, 6) is 0.115. The monoisotopic (exact) mass is 279 g/mol. The quantitative estimate of drug-likeness (QED) is 0.805. The lowest BCUT2D eigenvalue weighted by Crippen LogP contribution is -2.30. The molecule has 0 unspecified atom stereocenters. The van der Waals surface area contributed by atoms with Crippen LogP contribution in [0.3, 0.4) is 0 Å². The van der Waals surface area contributed by atoms with Crippen LogP contribution >= 0.6 is 11.6 Å². The van der Waals surface area contributed by atoms with Gasteiger partial charge in [0.2, 0.25) is 0 Å². The summed E-state index contributed by atoms with van der Waals surface area (Å²) >= 11 is 5.70. The molecule has 0 aliphatic carbocycles. The van der Waals surface area contributed by atoms with Gasteiger partial charge in [-0.1, -0.05) is 11.6 Å². The van der Waals surface area contributed by atoms with Gasteiger partial charge in [0.05, 0.1) is 0 Å². The molecule has 19 heavy (non-hydrogen) atoms. The summed E-state index contributed by atoms with van der Waals surface area (Å²) < 4.78 is 15.4. The Labute approximate surface area is 113 Å². The lowest BCUT2D eigenvalue weighted by Gasteiger charge is -2.16. The molecule has 0 fully saturated rings. The normalized spacial score (nSPS) is 14.2. The molecule has 0 amide bonds. The van der Waals surface area contributed by atoms with E-state index in [1.54, 1.807) is 4.57 Å². The van der Waals surface area contributed by atoms with E-state index in [0.29, 0.717) is 12.4 Å². The second kappa shape index (κ2) is 4.74. The second-order valence-electron chi connectivity index (χ2n) is 4.50. The molecule has 3 rings (SSSR count). The van der Waals surface area contributed by atoms with E-state index in [2.05, 4.69) is 10.2 Å². The van der Waals surface area contributed by atoms with Gasteiger partial charge < -0.3 is 0 Å². The molecule has 0 bridgehead atoms. The maximum absolute atomic E-state index is 13.8. The van der Waals surface area contributed by atoms with Crippen molar-refractivity contribution < 1.29 is 4.39 Å². The van der Waals surface area contributed by atoms with Crippen molar-refractivity contribution in [3.8, 4) is 11.3 Å². The number of hydrogen-bond donors (Lipinski definition) is 0. The summed E-state index contributed by atoms with van der Waals surface area (Å²) in [6, 6.07) is 4.16. The number of benzene rings is 1. The number of fused-ring (bicyclic) bond motifs is 1. The van der Waals surface area contributed by atoms with Gasteiger partial charge in [0.25, 0.3) is 5.56 Å². The zero-order valence-corrected chi connectivity index (χ0v) is 10.8. The first-order valence-electron chi connectivity index (χ1n) is 6.08. The summed E-state index contributed by atoms with van der Waals surface area (Å²) in [5, 5.41) is 8.20. The van der Waals surface area contributed by atoms with E-state index in [1.807, 2.05) is 0 Å². The minimum Gasteiger partial charge on any atom is -0.293 e. The minimum atomic E-state index is -0.560. The highest BCUT2D eigenvalue weighted by atomic mass is 35.5. The van der Waals surface area contributed by atoms with E-state index in [9.17, 15) is 9.18 Å². The summed E-state index contributed by atoms with van der Waals surface area (Å²) in [5.41, 5.74) is -0.103. The van der Waals surface area contributed by atoms with Crippen molar-refractivity contribution in [2.75, 3.05) is 0 Å². The third kappa shape index (κ3) is 2.14. The minimum absolute atomic E-state index is 0.0415. The van der Waals surface area contributed by atoms with E-state index >= 15 is 0 Å². The number of halogens is 2. The number of hydrogen-bond acceptors (Lipinski definition) is 3.